The first-order chi connectivity index (χ1) is 11.0. The van der Waals surface area contributed by atoms with Crippen LogP contribution in [0.5, 0.6) is 0 Å². The van der Waals surface area contributed by atoms with E-state index in [-0.39, 0.29) is 17.6 Å². The molecule has 1 unspecified atom stereocenters. The van der Waals surface area contributed by atoms with Crippen LogP contribution in [-0.2, 0) is 9.47 Å². The number of hydrogen-bond acceptors (Lipinski definition) is 5. The molecule has 23 heavy (non-hydrogen) atoms. The van der Waals surface area contributed by atoms with Crippen LogP contribution in [0.3, 0.4) is 0 Å². The third-order valence-corrected chi connectivity index (χ3v) is 6.20. The predicted octanol–water partition coefficient (Wildman–Crippen LogP) is 3.03. The molecule has 1 spiro atoms. The number of rotatable bonds is 3. The maximum atomic E-state index is 12.6. The Balaban J connectivity index is 1.65. The summed E-state index contributed by atoms with van der Waals surface area (Å²) in [5.41, 5.74) is 0.740. The van der Waals surface area contributed by atoms with Gasteiger partial charge < -0.3 is 14.8 Å². The van der Waals surface area contributed by atoms with Gasteiger partial charge in [0.15, 0.2) is 0 Å². The highest BCUT2D eigenvalue weighted by molar-refractivity contribution is 7.13. The maximum Gasteiger partial charge on any atom is 0.263 e. The van der Waals surface area contributed by atoms with Crippen molar-refractivity contribution in [2.45, 2.75) is 64.0 Å². The van der Waals surface area contributed by atoms with Crippen LogP contribution in [0.25, 0.3) is 0 Å². The highest BCUT2D eigenvalue weighted by Gasteiger charge is 2.39. The standard InChI is InChI=1S/C17H26N2O3S/c1-11(2)16-18-12(3)14(23-16)15(20)19-13-4-7-22-17(10-13)5-8-21-9-6-17/h11,13H,4-10H2,1-3H3,(H,19,20). The molecule has 0 saturated carbocycles. The number of thiazole rings is 1. The molecule has 1 amide bonds. The molecule has 2 saturated heterocycles. The molecule has 0 radical (unpaired) electrons. The second kappa shape index (κ2) is 6.87. The van der Waals surface area contributed by atoms with Crippen LogP contribution in [0.1, 0.15) is 65.8 Å². The molecular weight excluding hydrogens is 312 g/mol. The first-order valence-corrected chi connectivity index (χ1v) is 9.31. The molecule has 0 aliphatic carbocycles. The summed E-state index contributed by atoms with van der Waals surface area (Å²) in [5, 5.41) is 4.24. The SMILES string of the molecule is Cc1nc(C(C)C)sc1C(=O)NC1CCOC2(CCOCC2)C1. The molecule has 0 aromatic carbocycles. The van der Waals surface area contributed by atoms with E-state index in [0.717, 1.165) is 54.5 Å². The van der Waals surface area contributed by atoms with Gasteiger partial charge in [0.05, 0.1) is 16.3 Å². The van der Waals surface area contributed by atoms with Gasteiger partial charge in [0, 0.05) is 31.8 Å². The number of nitrogens with one attached hydrogen (secondary N) is 1. The Morgan fingerprint density at radius 1 is 1.35 bits per heavy atom. The second-order valence-electron chi connectivity index (χ2n) is 6.93. The summed E-state index contributed by atoms with van der Waals surface area (Å²) in [4.78, 5) is 17.9. The third kappa shape index (κ3) is 3.75. The van der Waals surface area contributed by atoms with Crippen molar-refractivity contribution in [2.75, 3.05) is 19.8 Å². The average molecular weight is 338 g/mol. The van der Waals surface area contributed by atoms with Crippen molar-refractivity contribution < 1.29 is 14.3 Å². The van der Waals surface area contributed by atoms with E-state index in [0.29, 0.717) is 12.5 Å². The van der Waals surface area contributed by atoms with E-state index in [4.69, 9.17) is 9.47 Å². The van der Waals surface area contributed by atoms with Crippen LogP contribution in [0.2, 0.25) is 0 Å². The summed E-state index contributed by atoms with van der Waals surface area (Å²) in [6.07, 6.45) is 3.62. The van der Waals surface area contributed by atoms with E-state index in [1.165, 1.54) is 11.3 Å². The summed E-state index contributed by atoms with van der Waals surface area (Å²) in [6, 6.07) is 0.179. The first kappa shape index (κ1) is 16.9. The molecule has 1 atom stereocenters. The number of aryl methyl sites for hydroxylation is 1. The van der Waals surface area contributed by atoms with Crippen molar-refractivity contribution in [2.24, 2.45) is 0 Å². The van der Waals surface area contributed by atoms with Crippen molar-refractivity contribution in [3.63, 3.8) is 0 Å². The molecule has 1 N–H and O–H groups in total. The van der Waals surface area contributed by atoms with Gasteiger partial charge >= 0.3 is 0 Å². The summed E-state index contributed by atoms with van der Waals surface area (Å²) in [6.45, 7) is 8.35. The Morgan fingerprint density at radius 2 is 2.09 bits per heavy atom. The van der Waals surface area contributed by atoms with Crippen LogP contribution >= 0.6 is 11.3 Å². The summed E-state index contributed by atoms with van der Waals surface area (Å²) < 4.78 is 11.5. The van der Waals surface area contributed by atoms with Crippen molar-refractivity contribution >= 4 is 17.2 Å². The highest BCUT2D eigenvalue weighted by atomic mass is 32.1. The van der Waals surface area contributed by atoms with Gasteiger partial charge in [0.2, 0.25) is 0 Å². The Labute approximate surface area is 141 Å². The minimum absolute atomic E-state index is 0.0148. The number of hydrogen-bond donors (Lipinski definition) is 1. The van der Waals surface area contributed by atoms with E-state index in [1.807, 2.05) is 6.92 Å². The normalized spacial score (nSPS) is 24.1. The zero-order valence-corrected chi connectivity index (χ0v) is 15.0. The number of carbonyl (C=O) groups is 1. The van der Waals surface area contributed by atoms with E-state index < -0.39 is 0 Å². The lowest BCUT2D eigenvalue weighted by Crippen LogP contribution is -2.51. The molecule has 3 heterocycles. The van der Waals surface area contributed by atoms with Crippen LogP contribution in [0.4, 0.5) is 0 Å². The molecule has 1 aromatic heterocycles. The van der Waals surface area contributed by atoms with E-state index >= 15 is 0 Å². The fraction of sp³-hybridized carbons (Fsp3) is 0.765. The summed E-state index contributed by atoms with van der Waals surface area (Å²) in [7, 11) is 0. The monoisotopic (exact) mass is 338 g/mol. The number of carbonyl (C=O) groups excluding carboxylic acids is 1. The average Bonchev–Trinajstić information content (AvgIpc) is 2.90. The molecule has 2 fully saturated rings. The van der Waals surface area contributed by atoms with Gasteiger partial charge in [-0.05, 0) is 32.6 Å². The molecular formula is C17H26N2O3S. The van der Waals surface area contributed by atoms with E-state index in [9.17, 15) is 4.79 Å². The minimum Gasteiger partial charge on any atom is -0.381 e. The Bertz CT molecular complexity index is 559. The minimum atomic E-state index is -0.0969. The zero-order valence-electron chi connectivity index (χ0n) is 14.2. The number of nitrogens with zero attached hydrogens (tertiary/aromatic N) is 1. The van der Waals surface area contributed by atoms with Gasteiger partial charge in [-0.3, -0.25) is 4.79 Å². The smallest absolute Gasteiger partial charge is 0.263 e. The van der Waals surface area contributed by atoms with Crippen LogP contribution in [0, 0.1) is 6.92 Å². The van der Waals surface area contributed by atoms with Crippen molar-refractivity contribution in [1.82, 2.24) is 10.3 Å². The quantitative estimate of drug-likeness (QED) is 0.920. The fourth-order valence-electron chi connectivity index (χ4n) is 3.37. The molecule has 0 bridgehead atoms. The highest BCUT2D eigenvalue weighted by Crippen LogP contribution is 2.34. The van der Waals surface area contributed by atoms with Crippen LogP contribution < -0.4 is 5.32 Å². The van der Waals surface area contributed by atoms with Gasteiger partial charge in [-0.25, -0.2) is 4.98 Å². The van der Waals surface area contributed by atoms with E-state index in [1.54, 1.807) is 0 Å². The summed E-state index contributed by atoms with van der Waals surface area (Å²) in [5.74, 6) is 0.370. The van der Waals surface area contributed by atoms with Crippen LogP contribution in [0.15, 0.2) is 0 Å². The molecule has 2 aliphatic heterocycles. The molecule has 128 valence electrons. The molecule has 3 rings (SSSR count). The largest absolute Gasteiger partial charge is 0.381 e. The zero-order chi connectivity index (χ0) is 16.4. The number of ether oxygens (including phenoxy) is 2. The maximum absolute atomic E-state index is 12.6. The van der Waals surface area contributed by atoms with Crippen molar-refractivity contribution in [3.8, 4) is 0 Å². The van der Waals surface area contributed by atoms with Crippen molar-refractivity contribution in [1.29, 1.82) is 0 Å². The summed E-state index contributed by atoms with van der Waals surface area (Å²) >= 11 is 1.52. The Morgan fingerprint density at radius 3 is 2.74 bits per heavy atom. The van der Waals surface area contributed by atoms with Crippen molar-refractivity contribution in [3.05, 3.63) is 15.6 Å². The molecule has 5 nitrogen and oxygen atoms in total. The van der Waals surface area contributed by atoms with Gasteiger partial charge in [-0.15, -0.1) is 11.3 Å². The van der Waals surface area contributed by atoms with Gasteiger partial charge in [-0.1, -0.05) is 13.8 Å². The Hall–Kier alpha value is -0.980. The molecule has 2 aliphatic rings. The fourth-order valence-corrected chi connectivity index (χ4v) is 4.34. The number of amides is 1. The lowest BCUT2D eigenvalue weighted by atomic mass is 9.84. The van der Waals surface area contributed by atoms with Gasteiger partial charge in [-0.2, -0.15) is 0 Å². The third-order valence-electron chi connectivity index (χ3n) is 4.75. The predicted molar refractivity (Wildman–Crippen MR) is 90.2 cm³/mol. The second-order valence-corrected chi connectivity index (χ2v) is 7.96. The lowest BCUT2D eigenvalue weighted by Gasteiger charge is -2.43. The van der Waals surface area contributed by atoms with Gasteiger partial charge in [0.25, 0.3) is 5.91 Å². The van der Waals surface area contributed by atoms with E-state index in [2.05, 4.69) is 24.1 Å². The van der Waals surface area contributed by atoms with Crippen LogP contribution in [-0.4, -0.2) is 42.4 Å². The topological polar surface area (TPSA) is 60.5 Å². The van der Waals surface area contributed by atoms with Gasteiger partial charge in [0.1, 0.15) is 4.88 Å². The molecule has 1 aromatic rings. The Kier molecular flexibility index (Phi) is 5.04. The first-order valence-electron chi connectivity index (χ1n) is 8.49. The lowest BCUT2D eigenvalue weighted by molar-refractivity contribution is -0.139. The molecule has 6 heteroatoms. The number of aromatic nitrogens is 1.